The molecule has 1 atom stereocenters. The molecule has 0 spiro atoms. The topological polar surface area (TPSA) is 93.3 Å². The minimum absolute atomic E-state index is 0.0185. The fourth-order valence-electron chi connectivity index (χ4n) is 5.17. The highest BCUT2D eigenvalue weighted by atomic mass is 16.2. The lowest BCUT2D eigenvalue weighted by molar-refractivity contribution is -0.117. The number of benzene rings is 2. The number of rotatable bonds is 8. The van der Waals surface area contributed by atoms with Gasteiger partial charge in [0, 0.05) is 35.8 Å². The zero-order chi connectivity index (χ0) is 28.0. The quantitative estimate of drug-likeness (QED) is 0.250. The number of hydrogen-bond donors (Lipinski definition) is 2. The molecule has 0 bridgehead atoms. The lowest BCUT2D eigenvalue weighted by Crippen LogP contribution is -2.26. The van der Waals surface area contributed by atoms with Gasteiger partial charge < -0.3 is 9.88 Å². The lowest BCUT2D eigenvalue weighted by atomic mass is 10.0. The van der Waals surface area contributed by atoms with E-state index in [9.17, 15) is 9.59 Å². The molecular formula is C32H34N6O2. The molecule has 1 aliphatic rings. The van der Waals surface area contributed by atoms with E-state index in [0.717, 1.165) is 47.0 Å². The SMILES string of the molecule is Cc1cccc([C@H](C)NC(=O)c2cn(CC(C)C)c3ccc(-c4ccn5nc(NC(=O)C6CC6)nc5c4)cc23)c1. The summed E-state index contributed by atoms with van der Waals surface area (Å²) < 4.78 is 3.84. The molecule has 1 aliphatic carbocycles. The summed E-state index contributed by atoms with van der Waals surface area (Å²) in [5.74, 6) is 0.722. The van der Waals surface area contributed by atoms with Crippen LogP contribution < -0.4 is 10.6 Å². The number of nitrogens with one attached hydrogen (secondary N) is 2. The number of carbonyl (C=O) groups is 2. The highest BCUT2D eigenvalue weighted by Gasteiger charge is 2.30. The van der Waals surface area contributed by atoms with Gasteiger partial charge in [0.05, 0.1) is 11.6 Å². The Labute approximate surface area is 233 Å². The van der Waals surface area contributed by atoms with Crippen LogP contribution in [-0.2, 0) is 11.3 Å². The fraction of sp³-hybridized carbons (Fsp3) is 0.312. The van der Waals surface area contributed by atoms with E-state index in [2.05, 4.69) is 76.4 Å². The normalized spacial score (nSPS) is 14.1. The summed E-state index contributed by atoms with van der Waals surface area (Å²) in [5, 5.41) is 11.3. The van der Waals surface area contributed by atoms with Crippen LogP contribution in [0.5, 0.6) is 0 Å². The third kappa shape index (κ3) is 5.21. The minimum atomic E-state index is -0.121. The van der Waals surface area contributed by atoms with Crippen LogP contribution in [0, 0.1) is 18.8 Å². The predicted molar refractivity (Wildman–Crippen MR) is 157 cm³/mol. The summed E-state index contributed by atoms with van der Waals surface area (Å²) in [6, 6.07) is 18.3. The number of carbonyl (C=O) groups excluding carboxylic acids is 2. The third-order valence-corrected chi connectivity index (χ3v) is 7.43. The molecule has 0 radical (unpaired) electrons. The van der Waals surface area contributed by atoms with Gasteiger partial charge in [-0.15, -0.1) is 5.10 Å². The number of aryl methyl sites for hydroxylation is 1. The van der Waals surface area contributed by atoms with Crippen LogP contribution in [0.1, 0.15) is 61.1 Å². The molecule has 8 heteroatoms. The minimum Gasteiger partial charge on any atom is -0.346 e. The number of aromatic nitrogens is 4. The molecule has 0 unspecified atom stereocenters. The Morgan fingerprint density at radius 1 is 1.02 bits per heavy atom. The molecule has 5 aromatic rings. The van der Waals surface area contributed by atoms with Gasteiger partial charge in [-0.25, -0.2) is 4.52 Å². The Hall–Kier alpha value is -4.46. The fourth-order valence-corrected chi connectivity index (χ4v) is 5.17. The Kier molecular flexibility index (Phi) is 6.62. The maximum atomic E-state index is 13.6. The Bertz CT molecular complexity index is 1740. The molecular weight excluding hydrogens is 500 g/mol. The molecule has 3 aromatic heterocycles. The highest BCUT2D eigenvalue weighted by Crippen LogP contribution is 2.31. The van der Waals surface area contributed by atoms with Crippen LogP contribution in [0.2, 0.25) is 0 Å². The van der Waals surface area contributed by atoms with E-state index in [4.69, 9.17) is 0 Å². The van der Waals surface area contributed by atoms with Gasteiger partial charge >= 0.3 is 0 Å². The molecule has 8 nitrogen and oxygen atoms in total. The van der Waals surface area contributed by atoms with Crippen molar-refractivity contribution in [2.24, 2.45) is 11.8 Å². The second kappa shape index (κ2) is 10.3. The second-order valence-corrected chi connectivity index (χ2v) is 11.3. The van der Waals surface area contributed by atoms with Gasteiger partial charge in [0.25, 0.3) is 5.91 Å². The molecule has 0 aliphatic heterocycles. The first-order chi connectivity index (χ1) is 19.2. The van der Waals surface area contributed by atoms with E-state index in [-0.39, 0.29) is 23.8 Å². The van der Waals surface area contributed by atoms with Crippen LogP contribution in [-0.4, -0.2) is 31.0 Å². The van der Waals surface area contributed by atoms with Gasteiger partial charge in [0.2, 0.25) is 11.9 Å². The largest absolute Gasteiger partial charge is 0.346 e. The maximum absolute atomic E-state index is 13.6. The van der Waals surface area contributed by atoms with E-state index in [1.165, 1.54) is 5.56 Å². The first-order valence-electron chi connectivity index (χ1n) is 13.9. The van der Waals surface area contributed by atoms with E-state index >= 15 is 0 Å². The van der Waals surface area contributed by atoms with Gasteiger partial charge in [0.15, 0.2) is 5.65 Å². The van der Waals surface area contributed by atoms with Gasteiger partial charge in [-0.1, -0.05) is 49.7 Å². The van der Waals surface area contributed by atoms with Crippen molar-refractivity contribution >= 4 is 34.3 Å². The van der Waals surface area contributed by atoms with E-state index < -0.39 is 0 Å². The van der Waals surface area contributed by atoms with Crippen LogP contribution in [0.15, 0.2) is 67.0 Å². The van der Waals surface area contributed by atoms with Crippen molar-refractivity contribution in [3.8, 4) is 11.1 Å². The summed E-state index contributed by atoms with van der Waals surface area (Å²) in [5.41, 5.74) is 6.51. The number of anilines is 1. The first-order valence-corrected chi connectivity index (χ1v) is 13.9. The number of amides is 2. The van der Waals surface area contributed by atoms with E-state index in [1.807, 2.05) is 43.6 Å². The van der Waals surface area contributed by atoms with Crippen LogP contribution in [0.4, 0.5) is 5.95 Å². The van der Waals surface area contributed by atoms with Crippen molar-refractivity contribution in [1.29, 1.82) is 0 Å². The Morgan fingerprint density at radius 3 is 2.58 bits per heavy atom. The van der Waals surface area contributed by atoms with Crippen molar-refractivity contribution < 1.29 is 9.59 Å². The van der Waals surface area contributed by atoms with Gasteiger partial charge in [-0.05, 0) is 73.6 Å². The van der Waals surface area contributed by atoms with Gasteiger partial charge in [-0.3, -0.25) is 14.9 Å². The highest BCUT2D eigenvalue weighted by molar-refractivity contribution is 6.08. The molecule has 6 rings (SSSR count). The van der Waals surface area contributed by atoms with Crippen molar-refractivity contribution in [2.45, 2.75) is 53.1 Å². The Balaban J connectivity index is 1.33. The summed E-state index contributed by atoms with van der Waals surface area (Å²) in [6.45, 7) is 9.24. The molecule has 3 heterocycles. The van der Waals surface area contributed by atoms with Crippen molar-refractivity contribution in [2.75, 3.05) is 5.32 Å². The third-order valence-electron chi connectivity index (χ3n) is 7.43. The molecule has 1 fully saturated rings. The molecule has 2 amide bonds. The standard InChI is InChI=1S/C32H34N6O2/c1-19(2)17-37-18-27(31(40)33-21(4)23-7-5-6-20(3)14-23)26-15-24(10-11-28(26)37)25-12-13-38-29(16-25)34-32(36-38)35-30(39)22-8-9-22/h5-7,10-16,18-19,21-22H,8-9,17H2,1-4H3,(H,33,40)(H,35,36,39)/t21-/m0/s1. The summed E-state index contributed by atoms with van der Waals surface area (Å²) in [4.78, 5) is 30.3. The Morgan fingerprint density at radius 2 is 1.82 bits per heavy atom. The smallest absolute Gasteiger partial charge is 0.253 e. The van der Waals surface area contributed by atoms with Crippen molar-refractivity contribution in [3.63, 3.8) is 0 Å². The van der Waals surface area contributed by atoms with Crippen molar-refractivity contribution in [3.05, 3.63) is 83.7 Å². The van der Waals surface area contributed by atoms with Gasteiger partial charge in [-0.2, -0.15) is 4.98 Å². The summed E-state index contributed by atoms with van der Waals surface area (Å²) >= 11 is 0. The maximum Gasteiger partial charge on any atom is 0.253 e. The zero-order valence-corrected chi connectivity index (χ0v) is 23.3. The summed E-state index contributed by atoms with van der Waals surface area (Å²) in [7, 11) is 0. The molecule has 40 heavy (non-hydrogen) atoms. The summed E-state index contributed by atoms with van der Waals surface area (Å²) in [6.07, 6.45) is 5.67. The lowest BCUT2D eigenvalue weighted by Gasteiger charge is -2.15. The van der Waals surface area contributed by atoms with Crippen molar-refractivity contribution in [1.82, 2.24) is 24.5 Å². The number of hydrogen-bond acceptors (Lipinski definition) is 4. The molecule has 2 N–H and O–H groups in total. The predicted octanol–water partition coefficient (Wildman–Crippen LogP) is 6.15. The van der Waals surface area contributed by atoms with E-state index in [0.29, 0.717) is 23.1 Å². The number of nitrogens with zero attached hydrogens (tertiary/aromatic N) is 4. The average molecular weight is 535 g/mol. The van der Waals surface area contributed by atoms with E-state index in [1.54, 1.807) is 4.52 Å². The molecule has 1 saturated carbocycles. The number of pyridine rings is 1. The van der Waals surface area contributed by atoms with Gasteiger partial charge in [0.1, 0.15) is 0 Å². The second-order valence-electron chi connectivity index (χ2n) is 11.3. The monoisotopic (exact) mass is 534 g/mol. The average Bonchev–Trinajstić information content (AvgIpc) is 3.61. The van der Waals surface area contributed by atoms with Crippen LogP contribution >= 0.6 is 0 Å². The van der Waals surface area contributed by atoms with Crippen LogP contribution in [0.3, 0.4) is 0 Å². The molecule has 204 valence electrons. The molecule has 2 aromatic carbocycles. The number of fused-ring (bicyclic) bond motifs is 2. The zero-order valence-electron chi connectivity index (χ0n) is 23.3. The first kappa shape index (κ1) is 25.8. The molecule has 0 saturated heterocycles. The van der Waals surface area contributed by atoms with Crippen LogP contribution in [0.25, 0.3) is 27.7 Å².